The molecule has 3 rings (SSSR count). The summed E-state index contributed by atoms with van der Waals surface area (Å²) in [5.41, 5.74) is 1.53. The van der Waals surface area contributed by atoms with Gasteiger partial charge in [0.15, 0.2) is 11.5 Å². The van der Waals surface area contributed by atoms with Crippen molar-refractivity contribution >= 4 is 16.7 Å². The van der Waals surface area contributed by atoms with Gasteiger partial charge in [0.1, 0.15) is 12.4 Å². The number of amides is 1. The second-order valence-corrected chi connectivity index (χ2v) is 6.20. The smallest absolute Gasteiger partial charge is 0.251 e. The molecule has 28 heavy (non-hydrogen) atoms. The molecule has 0 saturated carbocycles. The summed E-state index contributed by atoms with van der Waals surface area (Å²) in [6.45, 7) is 4.42. The van der Waals surface area contributed by atoms with Gasteiger partial charge in [-0.05, 0) is 52.7 Å². The molecule has 0 saturated heterocycles. The number of ether oxygens (including phenoxy) is 3. The molecule has 0 spiro atoms. The molecule has 0 aliphatic carbocycles. The van der Waals surface area contributed by atoms with Crippen molar-refractivity contribution in [3.8, 4) is 17.2 Å². The molecular formula is C23H23NO4. The first-order chi connectivity index (χ1) is 13.6. The zero-order valence-electron chi connectivity index (χ0n) is 16.0. The third kappa shape index (κ3) is 4.43. The van der Waals surface area contributed by atoms with Crippen molar-refractivity contribution in [2.45, 2.75) is 6.54 Å². The average Bonchev–Trinajstić information content (AvgIpc) is 2.75. The van der Waals surface area contributed by atoms with E-state index in [2.05, 4.69) is 18.0 Å². The monoisotopic (exact) mass is 377 g/mol. The van der Waals surface area contributed by atoms with E-state index in [1.165, 1.54) is 0 Å². The SMILES string of the molecule is C=CCOc1ccc(C(=O)NCc2ccc3cc(OC)ccc3c2)cc1OC. The minimum Gasteiger partial charge on any atom is -0.497 e. The van der Waals surface area contributed by atoms with E-state index in [-0.39, 0.29) is 5.91 Å². The normalized spacial score (nSPS) is 10.4. The van der Waals surface area contributed by atoms with Crippen LogP contribution in [0.2, 0.25) is 0 Å². The van der Waals surface area contributed by atoms with Crippen LogP contribution in [-0.4, -0.2) is 26.7 Å². The van der Waals surface area contributed by atoms with Gasteiger partial charge >= 0.3 is 0 Å². The highest BCUT2D eigenvalue weighted by Crippen LogP contribution is 2.28. The number of carbonyl (C=O) groups excluding carboxylic acids is 1. The van der Waals surface area contributed by atoms with Crippen LogP contribution in [0.15, 0.2) is 67.3 Å². The van der Waals surface area contributed by atoms with Crippen LogP contribution in [0.3, 0.4) is 0 Å². The van der Waals surface area contributed by atoms with E-state index in [1.54, 1.807) is 38.5 Å². The quantitative estimate of drug-likeness (QED) is 0.593. The summed E-state index contributed by atoms with van der Waals surface area (Å²) in [7, 11) is 3.19. The van der Waals surface area contributed by atoms with Gasteiger partial charge < -0.3 is 19.5 Å². The van der Waals surface area contributed by atoms with E-state index >= 15 is 0 Å². The highest BCUT2D eigenvalue weighted by atomic mass is 16.5. The van der Waals surface area contributed by atoms with E-state index in [0.29, 0.717) is 30.2 Å². The fourth-order valence-corrected chi connectivity index (χ4v) is 2.87. The number of methoxy groups -OCH3 is 2. The van der Waals surface area contributed by atoms with Crippen molar-refractivity contribution in [2.75, 3.05) is 20.8 Å². The molecular weight excluding hydrogens is 354 g/mol. The van der Waals surface area contributed by atoms with Crippen molar-refractivity contribution in [1.82, 2.24) is 5.32 Å². The Hall–Kier alpha value is -3.47. The molecule has 3 aromatic rings. The molecule has 1 amide bonds. The summed E-state index contributed by atoms with van der Waals surface area (Å²) in [6, 6.07) is 17.1. The Labute approximate surface area is 164 Å². The standard InChI is InChI=1S/C23H23NO4/c1-4-11-28-21-10-8-19(14-22(21)27-3)23(25)24-15-16-5-6-18-13-20(26-2)9-7-17(18)12-16/h4-10,12-14H,1,11,15H2,2-3H3,(H,24,25). The highest BCUT2D eigenvalue weighted by molar-refractivity contribution is 5.95. The number of hydrogen-bond acceptors (Lipinski definition) is 4. The van der Waals surface area contributed by atoms with Gasteiger partial charge in [0.25, 0.3) is 5.91 Å². The molecule has 1 N–H and O–H groups in total. The molecule has 0 aromatic heterocycles. The number of nitrogens with one attached hydrogen (secondary N) is 1. The molecule has 144 valence electrons. The van der Waals surface area contributed by atoms with Crippen molar-refractivity contribution < 1.29 is 19.0 Å². The minimum absolute atomic E-state index is 0.177. The number of fused-ring (bicyclic) bond motifs is 1. The van der Waals surface area contributed by atoms with Crippen LogP contribution >= 0.6 is 0 Å². The predicted octanol–water partition coefficient (Wildman–Crippen LogP) is 4.35. The maximum absolute atomic E-state index is 12.5. The zero-order valence-corrected chi connectivity index (χ0v) is 16.0. The van der Waals surface area contributed by atoms with E-state index in [4.69, 9.17) is 14.2 Å². The Morgan fingerprint density at radius 3 is 2.50 bits per heavy atom. The van der Waals surface area contributed by atoms with E-state index in [1.807, 2.05) is 30.3 Å². The van der Waals surface area contributed by atoms with Gasteiger partial charge in [-0.1, -0.05) is 30.9 Å². The maximum Gasteiger partial charge on any atom is 0.251 e. The van der Waals surface area contributed by atoms with Gasteiger partial charge in [-0.3, -0.25) is 4.79 Å². The van der Waals surface area contributed by atoms with Gasteiger partial charge in [0, 0.05) is 12.1 Å². The minimum atomic E-state index is -0.177. The molecule has 0 aliphatic heterocycles. The summed E-state index contributed by atoms with van der Waals surface area (Å²) >= 11 is 0. The van der Waals surface area contributed by atoms with E-state index in [0.717, 1.165) is 22.1 Å². The van der Waals surface area contributed by atoms with Gasteiger partial charge in [-0.15, -0.1) is 0 Å². The van der Waals surface area contributed by atoms with Crippen molar-refractivity contribution in [3.63, 3.8) is 0 Å². The molecule has 5 nitrogen and oxygen atoms in total. The lowest BCUT2D eigenvalue weighted by Crippen LogP contribution is -2.22. The summed E-state index contributed by atoms with van der Waals surface area (Å²) in [5.74, 6) is 1.73. The molecule has 0 atom stereocenters. The molecule has 0 bridgehead atoms. The Morgan fingerprint density at radius 2 is 1.75 bits per heavy atom. The Balaban J connectivity index is 1.69. The van der Waals surface area contributed by atoms with Gasteiger partial charge in [0.05, 0.1) is 14.2 Å². The summed E-state index contributed by atoms with van der Waals surface area (Å²) < 4.78 is 16.1. The molecule has 0 heterocycles. The first-order valence-electron chi connectivity index (χ1n) is 8.91. The fourth-order valence-electron chi connectivity index (χ4n) is 2.87. The third-order valence-corrected chi connectivity index (χ3v) is 4.35. The lowest BCUT2D eigenvalue weighted by Gasteiger charge is -2.11. The molecule has 0 fully saturated rings. The molecule has 3 aromatic carbocycles. The number of carbonyl (C=O) groups is 1. The Kier molecular flexibility index (Phi) is 6.17. The molecule has 0 unspecified atom stereocenters. The second kappa shape index (κ2) is 8.95. The van der Waals surface area contributed by atoms with Crippen LogP contribution in [0.25, 0.3) is 10.8 Å². The maximum atomic E-state index is 12.5. The van der Waals surface area contributed by atoms with Gasteiger partial charge in [0.2, 0.25) is 0 Å². The van der Waals surface area contributed by atoms with Gasteiger partial charge in [-0.2, -0.15) is 0 Å². The molecule has 0 aliphatic rings. The van der Waals surface area contributed by atoms with Crippen LogP contribution in [0.1, 0.15) is 15.9 Å². The lowest BCUT2D eigenvalue weighted by molar-refractivity contribution is 0.0950. The van der Waals surface area contributed by atoms with Crippen LogP contribution in [0, 0.1) is 0 Å². The fraction of sp³-hybridized carbons (Fsp3) is 0.174. The first-order valence-corrected chi connectivity index (χ1v) is 8.91. The topological polar surface area (TPSA) is 56.8 Å². The number of benzene rings is 3. The Morgan fingerprint density at radius 1 is 0.964 bits per heavy atom. The Bertz CT molecular complexity index is 997. The number of rotatable bonds is 8. The van der Waals surface area contributed by atoms with Crippen LogP contribution in [-0.2, 0) is 6.54 Å². The first kappa shape index (κ1) is 19.3. The van der Waals surface area contributed by atoms with Crippen molar-refractivity contribution in [3.05, 3.63) is 78.4 Å². The average molecular weight is 377 g/mol. The van der Waals surface area contributed by atoms with Gasteiger partial charge in [-0.25, -0.2) is 0 Å². The third-order valence-electron chi connectivity index (χ3n) is 4.35. The summed E-state index contributed by atoms with van der Waals surface area (Å²) in [4.78, 5) is 12.5. The van der Waals surface area contributed by atoms with E-state index in [9.17, 15) is 4.79 Å². The summed E-state index contributed by atoms with van der Waals surface area (Å²) in [6.07, 6.45) is 1.65. The van der Waals surface area contributed by atoms with Crippen molar-refractivity contribution in [1.29, 1.82) is 0 Å². The molecule has 0 radical (unpaired) electrons. The van der Waals surface area contributed by atoms with Crippen LogP contribution in [0.5, 0.6) is 17.2 Å². The lowest BCUT2D eigenvalue weighted by atomic mass is 10.1. The van der Waals surface area contributed by atoms with Crippen molar-refractivity contribution in [2.24, 2.45) is 0 Å². The predicted molar refractivity (Wildman–Crippen MR) is 110 cm³/mol. The van der Waals surface area contributed by atoms with Crippen LogP contribution < -0.4 is 19.5 Å². The second-order valence-electron chi connectivity index (χ2n) is 6.20. The summed E-state index contributed by atoms with van der Waals surface area (Å²) in [5, 5.41) is 5.13. The van der Waals surface area contributed by atoms with E-state index < -0.39 is 0 Å². The van der Waals surface area contributed by atoms with Crippen LogP contribution in [0.4, 0.5) is 0 Å². The largest absolute Gasteiger partial charge is 0.497 e. The zero-order chi connectivity index (χ0) is 19.9. The number of hydrogen-bond donors (Lipinski definition) is 1. The highest BCUT2D eigenvalue weighted by Gasteiger charge is 2.11. The molecule has 5 heteroatoms.